The number of esters is 2. The fourth-order valence-electron chi connectivity index (χ4n) is 8.26. The van der Waals surface area contributed by atoms with Gasteiger partial charge in [0.2, 0.25) is 5.91 Å². The minimum Gasteiger partial charge on any atom is -0.493 e. The van der Waals surface area contributed by atoms with E-state index in [0.717, 1.165) is 16.8 Å². The van der Waals surface area contributed by atoms with Gasteiger partial charge in [0.15, 0.2) is 5.78 Å². The highest BCUT2D eigenvalue weighted by Crippen LogP contribution is 2.38. The number of anilines is 3. The quantitative estimate of drug-likeness (QED) is 0.0328. The second-order valence-corrected chi connectivity index (χ2v) is 17.2. The zero-order chi connectivity index (χ0) is 49.4. The monoisotopic (exact) mass is 940 g/mol. The third kappa shape index (κ3) is 11.8. The first-order chi connectivity index (χ1) is 33.1. The van der Waals surface area contributed by atoms with Crippen LogP contribution in [0, 0.1) is 12.8 Å². The smallest absolute Gasteiger partial charge is 0.309 e. The SMILES string of the molecule is C=CCOC(=O)C[C@@H](C)C(=O)OCCCNC(=O)c1cc(NC(=O)c2cc(CC(=O)c3cc(NC(=O)CCCOc4cc5c(cc4C)C(=O)N4c6ccccc6C[C@H]4C=N5)cn3C)cn2C)cn1C. The van der Waals surface area contributed by atoms with Crippen LogP contribution in [0.25, 0.3) is 0 Å². The third-order valence-electron chi connectivity index (χ3n) is 11.8. The van der Waals surface area contributed by atoms with Crippen LogP contribution in [0.2, 0.25) is 0 Å². The molecule has 4 amide bonds. The number of Topliss-reactive ketones (excluding diaryl/α,β-unsaturated/α-hetero) is 1. The first kappa shape index (κ1) is 48.9. The minimum atomic E-state index is -0.677. The van der Waals surface area contributed by atoms with Crippen LogP contribution in [-0.2, 0) is 57.8 Å². The summed E-state index contributed by atoms with van der Waals surface area (Å²) < 4.78 is 21.0. The summed E-state index contributed by atoms with van der Waals surface area (Å²) in [7, 11) is 5.07. The van der Waals surface area contributed by atoms with Crippen LogP contribution in [0.15, 0.2) is 90.8 Å². The molecule has 2 aliphatic rings. The van der Waals surface area contributed by atoms with Gasteiger partial charge in [0, 0.05) is 83.5 Å². The highest BCUT2D eigenvalue weighted by molar-refractivity contribution is 6.14. The molecule has 18 nitrogen and oxygen atoms in total. The number of rotatable bonds is 21. The second-order valence-electron chi connectivity index (χ2n) is 17.2. The number of carbonyl (C=O) groups is 7. The number of hydrogen-bond acceptors (Lipinski definition) is 11. The molecule has 0 aliphatic carbocycles. The van der Waals surface area contributed by atoms with Crippen LogP contribution in [0.3, 0.4) is 0 Å². The van der Waals surface area contributed by atoms with Gasteiger partial charge in [0.25, 0.3) is 17.7 Å². The lowest BCUT2D eigenvalue weighted by Crippen LogP contribution is -2.37. The Morgan fingerprint density at radius 3 is 2.35 bits per heavy atom. The maximum Gasteiger partial charge on any atom is 0.309 e. The number of aliphatic imine (C=N–C) groups is 1. The lowest BCUT2D eigenvalue weighted by Gasteiger charge is -2.21. The molecule has 0 saturated heterocycles. The Kier molecular flexibility index (Phi) is 15.4. The number of ketones is 1. The van der Waals surface area contributed by atoms with Gasteiger partial charge < -0.3 is 43.9 Å². The van der Waals surface area contributed by atoms with Gasteiger partial charge in [-0.3, -0.25) is 43.5 Å². The number of amides is 4. The van der Waals surface area contributed by atoms with Crippen LogP contribution in [0.4, 0.5) is 22.7 Å². The predicted octanol–water partition coefficient (Wildman–Crippen LogP) is 6.19. The van der Waals surface area contributed by atoms with E-state index in [2.05, 4.69) is 27.5 Å². The number of carbonyl (C=O) groups excluding carboxylic acids is 7. The van der Waals surface area contributed by atoms with E-state index < -0.39 is 29.7 Å². The van der Waals surface area contributed by atoms with Gasteiger partial charge in [-0.15, -0.1) is 0 Å². The average molecular weight is 941 g/mol. The summed E-state index contributed by atoms with van der Waals surface area (Å²) in [6, 6.07) is 16.1. The molecule has 0 unspecified atom stereocenters. The van der Waals surface area contributed by atoms with Crippen LogP contribution in [0.1, 0.15) is 91.1 Å². The average Bonchev–Trinajstić information content (AvgIpc) is 4.07. The zero-order valence-electron chi connectivity index (χ0n) is 39.3. The van der Waals surface area contributed by atoms with Crippen LogP contribution in [-0.4, -0.2) is 93.7 Å². The van der Waals surface area contributed by atoms with Crippen molar-refractivity contribution in [2.24, 2.45) is 32.1 Å². The van der Waals surface area contributed by atoms with E-state index >= 15 is 0 Å². The van der Waals surface area contributed by atoms with Crippen molar-refractivity contribution < 1.29 is 47.8 Å². The lowest BCUT2D eigenvalue weighted by molar-refractivity contribution is -0.154. The topological polar surface area (TPSA) is 214 Å². The van der Waals surface area contributed by atoms with Crippen molar-refractivity contribution in [3.8, 4) is 5.75 Å². The second kappa shape index (κ2) is 21.7. The molecule has 2 aliphatic heterocycles. The Balaban J connectivity index is 0.837. The molecule has 18 heteroatoms. The van der Waals surface area contributed by atoms with Crippen LogP contribution in [0.5, 0.6) is 5.75 Å². The summed E-state index contributed by atoms with van der Waals surface area (Å²) in [5.74, 6) is -2.55. The first-order valence-electron chi connectivity index (χ1n) is 22.7. The van der Waals surface area contributed by atoms with Gasteiger partial charge in [-0.1, -0.05) is 37.8 Å². The molecule has 0 fully saturated rings. The molecule has 2 atom stereocenters. The number of para-hydroxylation sites is 1. The van der Waals surface area contributed by atoms with E-state index in [9.17, 15) is 33.6 Å². The maximum absolute atomic E-state index is 13.7. The Morgan fingerprint density at radius 2 is 1.57 bits per heavy atom. The summed E-state index contributed by atoms with van der Waals surface area (Å²) in [5, 5.41) is 8.44. The fourth-order valence-corrected chi connectivity index (χ4v) is 8.26. The zero-order valence-corrected chi connectivity index (χ0v) is 39.3. The predicted molar refractivity (Wildman–Crippen MR) is 259 cm³/mol. The van der Waals surface area contributed by atoms with E-state index in [0.29, 0.717) is 64.6 Å². The van der Waals surface area contributed by atoms with Gasteiger partial charge >= 0.3 is 11.9 Å². The van der Waals surface area contributed by atoms with Crippen molar-refractivity contribution in [3.05, 3.63) is 125 Å². The number of aromatic nitrogens is 3. The number of hydrogen-bond donors (Lipinski definition) is 3. The van der Waals surface area contributed by atoms with Gasteiger partial charge in [0.1, 0.15) is 23.7 Å². The van der Waals surface area contributed by atoms with Crippen molar-refractivity contribution in [3.63, 3.8) is 0 Å². The summed E-state index contributed by atoms with van der Waals surface area (Å²) in [5.41, 5.74) is 6.28. The highest BCUT2D eigenvalue weighted by atomic mass is 16.5. The molecular weight excluding hydrogens is 885 g/mol. The molecule has 5 aromatic rings. The number of ether oxygens (including phenoxy) is 3. The minimum absolute atomic E-state index is 0.00328. The maximum atomic E-state index is 13.7. The number of nitrogens with zero attached hydrogens (tertiary/aromatic N) is 5. The molecule has 3 N–H and O–H groups in total. The van der Waals surface area contributed by atoms with E-state index in [4.69, 9.17) is 14.2 Å². The van der Waals surface area contributed by atoms with E-state index in [1.54, 1.807) is 78.6 Å². The van der Waals surface area contributed by atoms with Crippen molar-refractivity contribution >= 4 is 70.3 Å². The van der Waals surface area contributed by atoms with Gasteiger partial charge in [-0.25, -0.2) is 0 Å². The number of nitrogens with one attached hydrogen (secondary N) is 3. The van der Waals surface area contributed by atoms with Gasteiger partial charge in [0.05, 0.1) is 59.9 Å². The third-order valence-corrected chi connectivity index (χ3v) is 11.8. The van der Waals surface area contributed by atoms with Crippen molar-refractivity contribution in [2.75, 3.05) is 41.9 Å². The molecule has 360 valence electrons. The molecule has 0 radical (unpaired) electrons. The molecular formula is C51H56N8O10. The summed E-state index contributed by atoms with van der Waals surface area (Å²) in [6.07, 6.45) is 9.74. The number of aryl methyl sites for hydroxylation is 4. The van der Waals surface area contributed by atoms with Crippen molar-refractivity contribution in [1.29, 1.82) is 0 Å². The van der Waals surface area contributed by atoms with Gasteiger partial charge in [-0.2, -0.15) is 0 Å². The van der Waals surface area contributed by atoms with E-state index in [1.165, 1.54) is 12.1 Å². The van der Waals surface area contributed by atoms with E-state index in [-0.39, 0.29) is 75.0 Å². The normalized spacial score (nSPS) is 13.9. The molecule has 0 spiro atoms. The van der Waals surface area contributed by atoms with Crippen molar-refractivity contribution in [1.82, 2.24) is 19.0 Å². The molecule has 69 heavy (non-hydrogen) atoms. The summed E-state index contributed by atoms with van der Waals surface area (Å²) >= 11 is 0. The molecule has 0 bridgehead atoms. The van der Waals surface area contributed by atoms with E-state index in [1.807, 2.05) is 48.4 Å². The molecule has 3 aromatic heterocycles. The fraction of sp³-hybridized carbons (Fsp3) is 0.333. The van der Waals surface area contributed by atoms with Crippen LogP contribution >= 0.6 is 0 Å². The molecule has 0 saturated carbocycles. The molecule has 5 heterocycles. The molecule has 2 aromatic carbocycles. The number of benzene rings is 2. The Bertz CT molecular complexity index is 2850. The number of fused-ring (bicyclic) bond motifs is 4. The Morgan fingerprint density at radius 1 is 0.855 bits per heavy atom. The Hall–Kier alpha value is -8.02. The highest BCUT2D eigenvalue weighted by Gasteiger charge is 2.36. The first-order valence-corrected chi connectivity index (χ1v) is 22.7. The van der Waals surface area contributed by atoms with Crippen LogP contribution < -0.4 is 25.6 Å². The summed E-state index contributed by atoms with van der Waals surface area (Å²) in [6.45, 7) is 7.50. The summed E-state index contributed by atoms with van der Waals surface area (Å²) in [4.78, 5) is 96.7. The van der Waals surface area contributed by atoms with Crippen molar-refractivity contribution in [2.45, 2.75) is 58.4 Å². The lowest BCUT2D eigenvalue weighted by atomic mass is 10.1. The standard InChI is InChI=1S/C51H56N8O10/c1-7-16-68-47(62)20-32(3)51(66)69-18-11-15-52-48(63)43-25-36(30-58(43)6)55-49(64)42-21-33(28-56(42)4)22-44(60)41-24-35(29-57(41)5)54-46(61)14-10-17-67-45-26-39-38(19-31(45)2)50(65)59-37(27-53-39)23-34-12-8-9-13-40(34)59/h7-9,12-13,19,21,24-30,32,37H,1,10-11,14-18,20,22-23H2,2-6H3,(H,52,63)(H,54,61)(H,55,64)/t32-,37+/m1/s1. The Labute approximate surface area is 399 Å². The van der Waals surface area contributed by atoms with Gasteiger partial charge in [-0.05, 0) is 66.8 Å². The largest absolute Gasteiger partial charge is 0.493 e. The molecule has 7 rings (SSSR count).